The zero-order chi connectivity index (χ0) is 29.3. The highest BCUT2D eigenvalue weighted by molar-refractivity contribution is 5.99. The van der Waals surface area contributed by atoms with Gasteiger partial charge in [-0.2, -0.15) is 0 Å². The van der Waals surface area contributed by atoms with Crippen LogP contribution in [0, 0.1) is 0 Å². The summed E-state index contributed by atoms with van der Waals surface area (Å²) in [6.07, 6.45) is 4.43. The quantitative estimate of drug-likeness (QED) is 0.298. The molecular weight excluding hydrogens is 530 g/mol. The molecular formula is C34H39N3O5. The van der Waals surface area contributed by atoms with Crippen molar-refractivity contribution in [1.82, 2.24) is 10.6 Å². The summed E-state index contributed by atoms with van der Waals surface area (Å²) >= 11 is 0. The van der Waals surface area contributed by atoms with Crippen LogP contribution in [0.3, 0.4) is 0 Å². The van der Waals surface area contributed by atoms with Gasteiger partial charge in [0.1, 0.15) is 6.61 Å². The average Bonchev–Trinajstić information content (AvgIpc) is 3.72. The minimum Gasteiger partial charge on any atom is -0.445 e. The van der Waals surface area contributed by atoms with Crippen LogP contribution in [0.5, 0.6) is 0 Å². The van der Waals surface area contributed by atoms with Gasteiger partial charge in [-0.25, -0.2) is 4.79 Å². The Balaban J connectivity index is 1.30. The molecule has 2 fully saturated rings. The molecule has 8 nitrogen and oxygen atoms in total. The van der Waals surface area contributed by atoms with Crippen LogP contribution in [0.15, 0.2) is 78.9 Å². The average molecular weight is 570 g/mol. The summed E-state index contributed by atoms with van der Waals surface area (Å²) in [4.78, 5) is 40.4. The van der Waals surface area contributed by atoms with E-state index >= 15 is 0 Å². The number of aliphatic hydroxyl groups is 1. The van der Waals surface area contributed by atoms with Crippen molar-refractivity contribution in [1.29, 1.82) is 0 Å². The summed E-state index contributed by atoms with van der Waals surface area (Å²) in [7, 11) is 0. The standard InChI is InChI=1S/C34H39N3O5/c38-31(22-35-34(41)42-23-25-12-5-2-6-13-25)30(18-24-10-3-1-4-11-24)36-33(40)28-19-27(26-14-7-8-15-26)20-29(21-28)37-17-9-16-32(37)39/h1-6,10-13,19-21,26,30-31,38H,7-9,14-18,22-23H2,(H,35,41)(H,36,40)/t30-,31+/m0/s1. The van der Waals surface area contributed by atoms with Crippen LogP contribution in [-0.4, -0.2) is 48.2 Å². The van der Waals surface area contributed by atoms with Gasteiger partial charge in [-0.1, -0.05) is 73.5 Å². The zero-order valence-corrected chi connectivity index (χ0v) is 23.8. The lowest BCUT2D eigenvalue weighted by molar-refractivity contribution is -0.117. The van der Waals surface area contributed by atoms with Crippen molar-refractivity contribution in [2.24, 2.45) is 0 Å². The van der Waals surface area contributed by atoms with E-state index in [-0.39, 0.29) is 25.0 Å². The number of carbonyl (C=O) groups excluding carboxylic acids is 3. The summed E-state index contributed by atoms with van der Waals surface area (Å²) in [5.41, 5.74) is 4.11. The third-order valence-corrected chi connectivity index (χ3v) is 8.16. The maximum atomic E-state index is 13.7. The predicted octanol–water partition coefficient (Wildman–Crippen LogP) is 5.10. The minimum absolute atomic E-state index is 0.0764. The molecule has 5 rings (SSSR count). The Labute approximate surface area is 247 Å². The van der Waals surface area contributed by atoms with Crippen LogP contribution >= 0.6 is 0 Å². The summed E-state index contributed by atoms with van der Waals surface area (Å²) in [6.45, 7) is 0.669. The molecule has 0 unspecified atom stereocenters. The molecule has 3 aromatic rings. The van der Waals surface area contributed by atoms with Gasteiger partial charge in [0, 0.05) is 30.8 Å². The Bertz CT molecular complexity index is 1360. The second-order valence-corrected chi connectivity index (χ2v) is 11.2. The molecule has 0 aromatic heterocycles. The van der Waals surface area contributed by atoms with E-state index < -0.39 is 18.2 Å². The topological polar surface area (TPSA) is 108 Å². The van der Waals surface area contributed by atoms with Gasteiger partial charge in [-0.15, -0.1) is 0 Å². The second-order valence-electron chi connectivity index (χ2n) is 11.2. The largest absolute Gasteiger partial charge is 0.445 e. The first-order chi connectivity index (χ1) is 20.5. The Morgan fingerprint density at radius 3 is 2.29 bits per heavy atom. The molecule has 3 N–H and O–H groups in total. The van der Waals surface area contributed by atoms with Crippen LogP contribution in [-0.2, 0) is 22.6 Å². The third kappa shape index (κ3) is 7.76. The van der Waals surface area contributed by atoms with E-state index in [2.05, 4.69) is 16.7 Å². The molecule has 2 atom stereocenters. The van der Waals surface area contributed by atoms with Crippen molar-refractivity contribution >= 4 is 23.6 Å². The third-order valence-electron chi connectivity index (χ3n) is 8.16. The van der Waals surface area contributed by atoms with Crippen LogP contribution in [0.2, 0.25) is 0 Å². The summed E-state index contributed by atoms with van der Waals surface area (Å²) in [6, 6.07) is 24.0. The number of alkyl carbamates (subject to hydrolysis) is 1. The number of amides is 3. The zero-order valence-electron chi connectivity index (χ0n) is 23.8. The lowest BCUT2D eigenvalue weighted by Crippen LogP contribution is -2.49. The highest BCUT2D eigenvalue weighted by Gasteiger charge is 2.28. The smallest absolute Gasteiger partial charge is 0.407 e. The van der Waals surface area contributed by atoms with E-state index in [0.29, 0.717) is 30.9 Å². The normalized spacial score (nSPS) is 16.7. The van der Waals surface area contributed by atoms with Crippen LogP contribution < -0.4 is 15.5 Å². The molecule has 3 aromatic carbocycles. The van der Waals surface area contributed by atoms with E-state index in [4.69, 9.17) is 4.74 Å². The van der Waals surface area contributed by atoms with Crippen molar-refractivity contribution in [3.63, 3.8) is 0 Å². The Morgan fingerprint density at radius 2 is 1.62 bits per heavy atom. The molecule has 1 heterocycles. The van der Waals surface area contributed by atoms with Gasteiger partial charge in [-0.05, 0) is 66.5 Å². The van der Waals surface area contributed by atoms with Gasteiger partial charge in [0.25, 0.3) is 5.91 Å². The van der Waals surface area contributed by atoms with Gasteiger partial charge in [0.05, 0.1) is 12.1 Å². The van der Waals surface area contributed by atoms with Crippen molar-refractivity contribution in [3.05, 3.63) is 101 Å². The number of hydrogen-bond donors (Lipinski definition) is 3. The molecule has 1 aliphatic heterocycles. The Hall–Kier alpha value is -4.17. The maximum Gasteiger partial charge on any atom is 0.407 e. The Kier molecular flexibility index (Phi) is 9.87. The highest BCUT2D eigenvalue weighted by atomic mass is 16.5. The fraction of sp³-hybridized carbons (Fsp3) is 0.382. The number of hydrogen-bond acceptors (Lipinski definition) is 5. The Morgan fingerprint density at radius 1 is 0.929 bits per heavy atom. The maximum absolute atomic E-state index is 13.7. The minimum atomic E-state index is -1.07. The van der Waals surface area contributed by atoms with Crippen molar-refractivity contribution < 1.29 is 24.2 Å². The van der Waals surface area contributed by atoms with E-state index in [1.807, 2.05) is 66.7 Å². The first-order valence-electron chi connectivity index (χ1n) is 14.9. The van der Waals surface area contributed by atoms with E-state index in [9.17, 15) is 19.5 Å². The highest BCUT2D eigenvalue weighted by Crippen LogP contribution is 2.37. The number of nitrogens with one attached hydrogen (secondary N) is 2. The van der Waals surface area contributed by atoms with E-state index in [0.717, 1.165) is 54.5 Å². The molecule has 1 saturated heterocycles. The van der Waals surface area contributed by atoms with Gasteiger partial charge in [-0.3, -0.25) is 9.59 Å². The number of rotatable bonds is 11. The summed E-state index contributed by atoms with van der Waals surface area (Å²) < 4.78 is 5.28. The lowest BCUT2D eigenvalue weighted by Gasteiger charge is -2.26. The number of benzene rings is 3. The number of nitrogens with zero attached hydrogens (tertiary/aromatic N) is 1. The van der Waals surface area contributed by atoms with Crippen LogP contribution in [0.1, 0.15) is 71.5 Å². The number of anilines is 1. The fourth-order valence-corrected chi connectivity index (χ4v) is 5.84. The fourth-order valence-electron chi connectivity index (χ4n) is 5.84. The van der Waals surface area contributed by atoms with Crippen molar-refractivity contribution in [2.75, 3.05) is 18.0 Å². The van der Waals surface area contributed by atoms with Gasteiger partial charge >= 0.3 is 6.09 Å². The van der Waals surface area contributed by atoms with Crippen molar-refractivity contribution in [2.45, 2.75) is 69.6 Å². The molecule has 42 heavy (non-hydrogen) atoms. The molecule has 0 radical (unpaired) electrons. The van der Waals surface area contributed by atoms with Gasteiger partial charge in [0.2, 0.25) is 5.91 Å². The number of ether oxygens (including phenoxy) is 1. The van der Waals surface area contributed by atoms with Crippen LogP contribution in [0.25, 0.3) is 0 Å². The number of carbonyl (C=O) groups is 3. The van der Waals surface area contributed by atoms with Gasteiger partial charge in [0.15, 0.2) is 0 Å². The van der Waals surface area contributed by atoms with Crippen LogP contribution in [0.4, 0.5) is 10.5 Å². The van der Waals surface area contributed by atoms with Crippen molar-refractivity contribution in [3.8, 4) is 0 Å². The van der Waals surface area contributed by atoms with E-state index in [1.54, 1.807) is 11.0 Å². The van der Waals surface area contributed by atoms with E-state index in [1.165, 1.54) is 0 Å². The molecule has 2 aliphatic rings. The first-order valence-corrected chi connectivity index (χ1v) is 14.9. The molecule has 0 bridgehead atoms. The van der Waals surface area contributed by atoms with Gasteiger partial charge < -0.3 is 25.4 Å². The molecule has 1 saturated carbocycles. The molecule has 3 amide bonds. The summed E-state index contributed by atoms with van der Waals surface area (Å²) in [5, 5.41) is 16.8. The molecule has 0 spiro atoms. The number of aliphatic hydroxyl groups excluding tert-OH is 1. The predicted molar refractivity (Wildman–Crippen MR) is 161 cm³/mol. The first kappa shape index (κ1) is 29.3. The lowest BCUT2D eigenvalue weighted by atomic mass is 9.94. The second kappa shape index (κ2) is 14.1. The summed E-state index contributed by atoms with van der Waals surface area (Å²) in [5.74, 6) is 0.118. The molecule has 220 valence electrons. The monoisotopic (exact) mass is 569 g/mol. The SMILES string of the molecule is O=C(NC[C@@H](O)[C@H](Cc1ccccc1)NC(=O)c1cc(C2CCCC2)cc(N2CCCC2=O)c1)OCc1ccccc1. The molecule has 1 aliphatic carbocycles. The molecule has 8 heteroatoms.